The van der Waals surface area contributed by atoms with Crippen LogP contribution in [-0.4, -0.2) is 41.3 Å². The van der Waals surface area contributed by atoms with E-state index in [4.69, 9.17) is 4.42 Å². The molecule has 6 nitrogen and oxygen atoms in total. The van der Waals surface area contributed by atoms with Gasteiger partial charge in [-0.25, -0.2) is 9.97 Å². The standard InChI is InChI=1S/C16H20N4O2S/c1-10-4-5-14(22-10)12-8-20(9-13(12)18-11(2)21)15-6-7-17-16(19-15)23-3/h4-7,12-13H,8-9H2,1-3H3,(H,18,21). The van der Waals surface area contributed by atoms with Gasteiger partial charge in [0.2, 0.25) is 5.91 Å². The number of furan rings is 1. The highest BCUT2D eigenvalue weighted by molar-refractivity contribution is 7.98. The minimum absolute atomic E-state index is 0.00532. The lowest BCUT2D eigenvalue weighted by Gasteiger charge is -2.17. The van der Waals surface area contributed by atoms with E-state index in [1.165, 1.54) is 11.8 Å². The maximum atomic E-state index is 11.5. The fraction of sp³-hybridized carbons (Fsp3) is 0.438. The molecule has 1 amide bonds. The molecular weight excluding hydrogens is 312 g/mol. The quantitative estimate of drug-likeness (QED) is 0.684. The average Bonchev–Trinajstić information content (AvgIpc) is 3.13. The van der Waals surface area contributed by atoms with Crippen LogP contribution in [0.15, 0.2) is 34.0 Å². The van der Waals surface area contributed by atoms with Gasteiger partial charge in [0.05, 0.1) is 12.0 Å². The molecule has 1 N–H and O–H groups in total. The third kappa shape index (κ3) is 3.50. The number of thioether (sulfide) groups is 1. The van der Waals surface area contributed by atoms with E-state index in [0.717, 1.165) is 29.0 Å². The molecule has 2 atom stereocenters. The van der Waals surface area contributed by atoms with Crippen LogP contribution in [0.1, 0.15) is 24.4 Å². The van der Waals surface area contributed by atoms with Crippen molar-refractivity contribution in [2.45, 2.75) is 31.0 Å². The molecule has 0 saturated carbocycles. The summed E-state index contributed by atoms with van der Waals surface area (Å²) in [5.74, 6) is 2.75. The molecule has 0 spiro atoms. The Balaban J connectivity index is 1.85. The van der Waals surface area contributed by atoms with Crippen molar-refractivity contribution in [1.82, 2.24) is 15.3 Å². The SMILES string of the molecule is CSc1nccc(N2CC(NC(C)=O)C(c3ccc(C)o3)C2)n1. The maximum Gasteiger partial charge on any atom is 0.217 e. The first-order valence-corrected chi connectivity index (χ1v) is 8.74. The van der Waals surface area contributed by atoms with Crippen molar-refractivity contribution in [1.29, 1.82) is 0 Å². The van der Waals surface area contributed by atoms with Crippen molar-refractivity contribution < 1.29 is 9.21 Å². The molecule has 0 bridgehead atoms. The molecule has 2 aromatic heterocycles. The molecule has 7 heteroatoms. The van der Waals surface area contributed by atoms with Gasteiger partial charge in [-0.2, -0.15) is 0 Å². The largest absolute Gasteiger partial charge is 0.466 e. The molecule has 3 rings (SSSR count). The maximum absolute atomic E-state index is 11.5. The first kappa shape index (κ1) is 15.9. The third-order valence-corrected chi connectivity index (χ3v) is 4.52. The molecular formula is C16H20N4O2S. The van der Waals surface area contributed by atoms with Crippen LogP contribution in [0, 0.1) is 6.92 Å². The molecule has 23 heavy (non-hydrogen) atoms. The first-order valence-electron chi connectivity index (χ1n) is 7.52. The van der Waals surface area contributed by atoms with Gasteiger partial charge in [0.25, 0.3) is 0 Å². The van der Waals surface area contributed by atoms with Crippen LogP contribution in [-0.2, 0) is 4.79 Å². The number of nitrogens with one attached hydrogen (secondary N) is 1. The van der Waals surface area contributed by atoms with Crippen molar-refractivity contribution in [3.63, 3.8) is 0 Å². The van der Waals surface area contributed by atoms with Gasteiger partial charge in [-0.1, -0.05) is 11.8 Å². The third-order valence-electron chi connectivity index (χ3n) is 3.96. The van der Waals surface area contributed by atoms with Crippen LogP contribution in [0.25, 0.3) is 0 Å². The van der Waals surface area contributed by atoms with Gasteiger partial charge >= 0.3 is 0 Å². The van der Waals surface area contributed by atoms with Crippen LogP contribution in [0.5, 0.6) is 0 Å². The highest BCUT2D eigenvalue weighted by atomic mass is 32.2. The highest BCUT2D eigenvalue weighted by Gasteiger charge is 2.37. The Kier molecular flexibility index (Phi) is 4.56. The first-order chi connectivity index (χ1) is 11.1. The van der Waals surface area contributed by atoms with E-state index in [9.17, 15) is 4.79 Å². The molecule has 1 saturated heterocycles. The van der Waals surface area contributed by atoms with Crippen LogP contribution < -0.4 is 10.2 Å². The van der Waals surface area contributed by atoms with Crippen molar-refractivity contribution in [2.75, 3.05) is 24.2 Å². The van der Waals surface area contributed by atoms with Crippen LogP contribution in [0.3, 0.4) is 0 Å². The van der Waals surface area contributed by atoms with Gasteiger partial charge in [0, 0.05) is 26.2 Å². The number of hydrogen-bond acceptors (Lipinski definition) is 6. The van der Waals surface area contributed by atoms with Crippen LogP contribution in [0.2, 0.25) is 0 Å². The molecule has 0 radical (unpaired) electrons. The molecule has 2 aromatic rings. The van der Waals surface area contributed by atoms with E-state index in [0.29, 0.717) is 6.54 Å². The molecule has 2 unspecified atom stereocenters. The van der Waals surface area contributed by atoms with E-state index in [2.05, 4.69) is 20.2 Å². The minimum Gasteiger partial charge on any atom is -0.466 e. The fourth-order valence-corrected chi connectivity index (χ4v) is 3.30. The van der Waals surface area contributed by atoms with E-state index in [1.54, 1.807) is 13.1 Å². The van der Waals surface area contributed by atoms with Crippen molar-refractivity contribution >= 4 is 23.5 Å². The van der Waals surface area contributed by atoms with Crippen molar-refractivity contribution in [3.05, 3.63) is 35.9 Å². The Labute approximate surface area is 139 Å². The normalized spacial score (nSPS) is 20.7. The molecule has 1 aliphatic rings. The Bertz CT molecular complexity index is 703. The summed E-state index contributed by atoms with van der Waals surface area (Å²) in [6.45, 7) is 4.93. The number of amides is 1. The van der Waals surface area contributed by atoms with Crippen molar-refractivity contribution in [2.24, 2.45) is 0 Å². The second-order valence-corrected chi connectivity index (χ2v) is 6.44. The van der Waals surface area contributed by atoms with Crippen LogP contribution in [0.4, 0.5) is 5.82 Å². The Morgan fingerprint density at radius 1 is 1.39 bits per heavy atom. The van der Waals surface area contributed by atoms with E-state index in [-0.39, 0.29) is 17.9 Å². The van der Waals surface area contributed by atoms with Gasteiger partial charge in [-0.05, 0) is 31.4 Å². The summed E-state index contributed by atoms with van der Waals surface area (Å²) >= 11 is 1.52. The lowest BCUT2D eigenvalue weighted by atomic mass is 10.0. The zero-order chi connectivity index (χ0) is 16.4. The van der Waals surface area contributed by atoms with Gasteiger partial charge in [0.15, 0.2) is 5.16 Å². The number of nitrogens with zero attached hydrogens (tertiary/aromatic N) is 3. The molecule has 0 aromatic carbocycles. The van der Waals surface area contributed by atoms with E-state index in [1.807, 2.05) is 31.4 Å². The zero-order valence-electron chi connectivity index (χ0n) is 13.4. The summed E-state index contributed by atoms with van der Waals surface area (Å²) in [5.41, 5.74) is 0. The number of carbonyl (C=O) groups is 1. The summed E-state index contributed by atoms with van der Waals surface area (Å²) < 4.78 is 5.79. The predicted molar refractivity (Wildman–Crippen MR) is 89.8 cm³/mol. The fourth-order valence-electron chi connectivity index (χ4n) is 2.95. The molecule has 1 aliphatic heterocycles. The molecule has 1 fully saturated rings. The molecule has 0 aliphatic carbocycles. The van der Waals surface area contributed by atoms with Gasteiger partial charge in [-0.3, -0.25) is 4.79 Å². The van der Waals surface area contributed by atoms with Gasteiger partial charge < -0.3 is 14.6 Å². The number of hydrogen-bond donors (Lipinski definition) is 1. The molecule has 3 heterocycles. The summed E-state index contributed by atoms with van der Waals surface area (Å²) in [6.07, 6.45) is 3.73. The van der Waals surface area contributed by atoms with Gasteiger partial charge in [-0.15, -0.1) is 0 Å². The average molecular weight is 332 g/mol. The Morgan fingerprint density at radius 2 is 2.22 bits per heavy atom. The van der Waals surface area contributed by atoms with Crippen LogP contribution >= 0.6 is 11.8 Å². The number of anilines is 1. The highest BCUT2D eigenvalue weighted by Crippen LogP contribution is 2.31. The Morgan fingerprint density at radius 3 is 2.87 bits per heavy atom. The van der Waals surface area contributed by atoms with Gasteiger partial charge in [0.1, 0.15) is 17.3 Å². The number of aromatic nitrogens is 2. The predicted octanol–water partition coefficient (Wildman–Crippen LogP) is 2.21. The summed E-state index contributed by atoms with van der Waals surface area (Å²) in [7, 11) is 0. The number of rotatable bonds is 4. The summed E-state index contributed by atoms with van der Waals surface area (Å²) in [4.78, 5) is 22.5. The lowest BCUT2D eigenvalue weighted by Crippen LogP contribution is -2.38. The Hall–Kier alpha value is -2.02. The lowest BCUT2D eigenvalue weighted by molar-refractivity contribution is -0.119. The minimum atomic E-state index is -0.0300. The number of carbonyl (C=O) groups excluding carboxylic acids is 1. The second kappa shape index (κ2) is 6.62. The second-order valence-electron chi connectivity index (χ2n) is 5.67. The topological polar surface area (TPSA) is 71.3 Å². The smallest absolute Gasteiger partial charge is 0.217 e. The summed E-state index contributed by atoms with van der Waals surface area (Å²) in [5, 5.41) is 3.78. The molecule has 122 valence electrons. The number of aryl methyl sites for hydroxylation is 1. The van der Waals surface area contributed by atoms with E-state index >= 15 is 0 Å². The zero-order valence-corrected chi connectivity index (χ0v) is 14.3. The summed E-state index contributed by atoms with van der Waals surface area (Å²) in [6, 6.07) is 5.86. The monoisotopic (exact) mass is 332 g/mol. The van der Waals surface area contributed by atoms with E-state index < -0.39 is 0 Å². The van der Waals surface area contributed by atoms with Crippen molar-refractivity contribution in [3.8, 4) is 0 Å².